The van der Waals surface area contributed by atoms with Crippen LogP contribution >= 0.6 is 0 Å². The molecular weight excluding hydrogens is 777 g/mol. The maximum atomic E-state index is 6.19. The molecule has 0 spiro atoms. The topological polar surface area (TPSA) is 104 Å². The predicted molar refractivity (Wildman–Crippen MR) is 252 cm³/mol. The Kier molecular flexibility index (Phi) is 9.55. The molecule has 0 bridgehead atoms. The first kappa shape index (κ1) is 37.4. The maximum absolute atomic E-state index is 6.19. The van der Waals surface area contributed by atoms with Crippen molar-refractivity contribution < 1.29 is 8.83 Å². The molecule has 0 radical (unpaired) electrons. The molecule has 8 aromatic carbocycles. The van der Waals surface area contributed by atoms with Gasteiger partial charge in [0.05, 0.1) is 0 Å². The van der Waals surface area contributed by atoms with Crippen LogP contribution in [0.2, 0.25) is 0 Å². The van der Waals surface area contributed by atoms with E-state index in [0.29, 0.717) is 34.9 Å². The van der Waals surface area contributed by atoms with Gasteiger partial charge in [0.15, 0.2) is 34.9 Å². The van der Waals surface area contributed by atoms with Crippen LogP contribution in [-0.2, 0) is 0 Å². The Morgan fingerprint density at radius 1 is 0.286 bits per heavy atom. The number of aryl methyl sites for hydroxylation is 1. The van der Waals surface area contributed by atoms with Crippen LogP contribution in [0, 0.1) is 6.92 Å². The zero-order chi connectivity index (χ0) is 42.1. The minimum absolute atomic E-state index is 0.585. The van der Waals surface area contributed by atoms with Crippen molar-refractivity contribution in [2.24, 2.45) is 0 Å². The minimum atomic E-state index is 0.585. The Hall–Kier alpha value is -8.62. The number of para-hydroxylation sites is 1. The number of hydrogen-bond acceptors (Lipinski definition) is 8. The lowest BCUT2D eigenvalue weighted by molar-refractivity contribution is 0.668. The SMILES string of the molecule is Cc1ccc2oc3cccc(-c4nc(-c5ccccc5)nc(-c5ccc6c(c5)oc5ccccc56)n4)c3c2c1.c1ccc(-c2nc(-c3ccccc3)nc(-c3ccccc3)n2)cc1. The first-order valence-electron chi connectivity index (χ1n) is 20.7. The average molecular weight is 813 g/mol. The van der Waals surface area contributed by atoms with Gasteiger partial charge < -0.3 is 8.83 Å². The monoisotopic (exact) mass is 812 g/mol. The quantitative estimate of drug-likeness (QED) is 0.163. The van der Waals surface area contributed by atoms with Gasteiger partial charge in [-0.15, -0.1) is 0 Å². The van der Waals surface area contributed by atoms with Crippen molar-refractivity contribution in [2.45, 2.75) is 6.92 Å². The molecule has 12 rings (SSSR count). The van der Waals surface area contributed by atoms with Crippen LogP contribution < -0.4 is 0 Å². The highest BCUT2D eigenvalue weighted by Crippen LogP contribution is 2.38. The largest absolute Gasteiger partial charge is 0.456 e. The summed E-state index contributed by atoms with van der Waals surface area (Å²) >= 11 is 0. The summed E-state index contributed by atoms with van der Waals surface area (Å²) < 4.78 is 12.4. The van der Waals surface area contributed by atoms with E-state index in [4.69, 9.17) is 23.8 Å². The number of hydrogen-bond donors (Lipinski definition) is 0. The van der Waals surface area contributed by atoms with Crippen LogP contribution in [0.4, 0.5) is 0 Å². The number of benzene rings is 8. The molecule has 0 unspecified atom stereocenters. The molecule has 4 heterocycles. The molecule has 4 aromatic heterocycles. The maximum Gasteiger partial charge on any atom is 0.164 e. The summed E-state index contributed by atoms with van der Waals surface area (Å²) in [6.45, 7) is 2.09. The molecule has 8 nitrogen and oxygen atoms in total. The summed E-state index contributed by atoms with van der Waals surface area (Å²) in [5.41, 5.74) is 10.1. The molecule has 0 aliphatic carbocycles. The van der Waals surface area contributed by atoms with Crippen molar-refractivity contribution in [3.05, 3.63) is 206 Å². The molecule has 0 aliphatic heterocycles. The fraction of sp³-hybridized carbons (Fsp3) is 0.0182. The van der Waals surface area contributed by atoms with Gasteiger partial charge in [-0.05, 0) is 43.3 Å². The summed E-state index contributed by atoms with van der Waals surface area (Å²) in [5.74, 6) is 3.84. The molecule has 63 heavy (non-hydrogen) atoms. The second-order valence-electron chi connectivity index (χ2n) is 15.2. The van der Waals surface area contributed by atoms with E-state index in [2.05, 4.69) is 58.3 Å². The molecule has 0 aliphatic rings. The lowest BCUT2D eigenvalue weighted by Gasteiger charge is -2.09. The van der Waals surface area contributed by atoms with E-state index in [0.717, 1.165) is 77.3 Å². The third-order valence-electron chi connectivity index (χ3n) is 10.9. The van der Waals surface area contributed by atoms with Crippen LogP contribution in [0.3, 0.4) is 0 Å². The number of furan rings is 2. The predicted octanol–water partition coefficient (Wildman–Crippen LogP) is 13.9. The van der Waals surface area contributed by atoms with Crippen molar-refractivity contribution in [1.29, 1.82) is 0 Å². The molecule has 12 aromatic rings. The molecule has 0 atom stereocenters. The second-order valence-corrected chi connectivity index (χ2v) is 15.2. The summed E-state index contributed by atoms with van der Waals surface area (Å²) in [4.78, 5) is 28.9. The lowest BCUT2D eigenvalue weighted by Crippen LogP contribution is -2.00. The Morgan fingerprint density at radius 3 is 1.27 bits per heavy atom. The highest BCUT2D eigenvalue weighted by atomic mass is 16.3. The Labute approximate surface area is 362 Å². The van der Waals surface area contributed by atoms with Gasteiger partial charge >= 0.3 is 0 Å². The molecule has 8 heteroatoms. The molecule has 0 saturated carbocycles. The fourth-order valence-electron chi connectivity index (χ4n) is 7.86. The lowest BCUT2D eigenvalue weighted by atomic mass is 10.0. The Morgan fingerprint density at radius 2 is 0.714 bits per heavy atom. The van der Waals surface area contributed by atoms with Crippen LogP contribution in [0.5, 0.6) is 0 Å². The molecule has 298 valence electrons. The van der Waals surface area contributed by atoms with Crippen LogP contribution in [0.25, 0.3) is 112 Å². The second kappa shape index (κ2) is 16.1. The van der Waals surface area contributed by atoms with Crippen molar-refractivity contribution in [2.75, 3.05) is 0 Å². The van der Waals surface area contributed by atoms with E-state index in [1.807, 2.05) is 164 Å². The summed E-state index contributed by atoms with van der Waals surface area (Å²) in [5, 5.41) is 4.21. The molecule has 0 fully saturated rings. The zero-order valence-electron chi connectivity index (χ0n) is 34.1. The minimum Gasteiger partial charge on any atom is -0.456 e. The van der Waals surface area contributed by atoms with Crippen molar-refractivity contribution in [3.63, 3.8) is 0 Å². The van der Waals surface area contributed by atoms with Crippen LogP contribution in [-0.4, -0.2) is 29.9 Å². The third-order valence-corrected chi connectivity index (χ3v) is 10.9. The zero-order valence-corrected chi connectivity index (χ0v) is 34.1. The Balaban J connectivity index is 0.000000159. The highest BCUT2D eigenvalue weighted by molar-refractivity contribution is 6.12. The average Bonchev–Trinajstić information content (AvgIpc) is 3.93. The van der Waals surface area contributed by atoms with E-state index in [1.54, 1.807) is 0 Å². The van der Waals surface area contributed by atoms with Crippen molar-refractivity contribution >= 4 is 43.9 Å². The van der Waals surface area contributed by atoms with E-state index in [-0.39, 0.29) is 0 Å². The van der Waals surface area contributed by atoms with Gasteiger partial charge in [0, 0.05) is 54.9 Å². The standard InChI is InChI=1S/C34H21N3O2.C21H15N3/c1-20-14-17-28-26(18-20)31-25(11-7-13-29(31)38-28)34-36-32(21-8-3-2-4-9-21)35-33(37-34)22-15-16-24-23-10-5-6-12-27(23)39-30(24)19-22;1-4-10-16(11-5-1)19-22-20(17-12-6-2-7-13-17)24-21(23-19)18-14-8-3-9-15-18/h2-19H,1H3;1-15H. The van der Waals surface area contributed by atoms with Gasteiger partial charge in [0.25, 0.3) is 0 Å². The number of aromatic nitrogens is 6. The van der Waals surface area contributed by atoms with Gasteiger partial charge in [-0.1, -0.05) is 169 Å². The third kappa shape index (κ3) is 7.36. The highest BCUT2D eigenvalue weighted by Gasteiger charge is 2.19. The van der Waals surface area contributed by atoms with Gasteiger partial charge in [0.1, 0.15) is 22.3 Å². The Bertz CT molecular complexity index is 3430. The first-order valence-corrected chi connectivity index (χ1v) is 20.7. The summed E-state index contributed by atoms with van der Waals surface area (Å²) in [6.07, 6.45) is 0. The number of fused-ring (bicyclic) bond motifs is 6. The first-order chi connectivity index (χ1) is 31.1. The smallest absolute Gasteiger partial charge is 0.164 e. The van der Waals surface area contributed by atoms with Crippen molar-refractivity contribution in [1.82, 2.24) is 29.9 Å². The van der Waals surface area contributed by atoms with Gasteiger partial charge in [-0.25, -0.2) is 29.9 Å². The normalized spacial score (nSPS) is 11.3. The van der Waals surface area contributed by atoms with E-state index >= 15 is 0 Å². The number of nitrogens with zero attached hydrogens (tertiary/aromatic N) is 6. The molecular formula is C55H36N6O2. The van der Waals surface area contributed by atoms with Crippen LogP contribution in [0.15, 0.2) is 209 Å². The fourth-order valence-corrected chi connectivity index (χ4v) is 7.86. The summed E-state index contributed by atoms with van der Waals surface area (Å²) in [7, 11) is 0. The van der Waals surface area contributed by atoms with Gasteiger partial charge in [-0.3, -0.25) is 0 Å². The van der Waals surface area contributed by atoms with Gasteiger partial charge in [-0.2, -0.15) is 0 Å². The molecule has 0 saturated heterocycles. The molecule has 0 amide bonds. The van der Waals surface area contributed by atoms with E-state index in [9.17, 15) is 0 Å². The van der Waals surface area contributed by atoms with Crippen LogP contribution in [0.1, 0.15) is 5.56 Å². The van der Waals surface area contributed by atoms with E-state index < -0.39 is 0 Å². The molecule has 0 N–H and O–H groups in total. The number of rotatable bonds is 6. The van der Waals surface area contributed by atoms with Gasteiger partial charge in [0.2, 0.25) is 0 Å². The van der Waals surface area contributed by atoms with Crippen molar-refractivity contribution in [3.8, 4) is 68.3 Å². The summed E-state index contributed by atoms with van der Waals surface area (Å²) in [6, 6.07) is 66.5. The van der Waals surface area contributed by atoms with E-state index in [1.165, 1.54) is 5.56 Å².